The smallest absolute Gasteiger partial charge is 0.319 e. The number of anilines is 1. The molecule has 1 heterocycles. The van der Waals surface area contributed by atoms with E-state index >= 15 is 0 Å². The van der Waals surface area contributed by atoms with Crippen LogP contribution in [-0.2, 0) is 23.5 Å². The summed E-state index contributed by atoms with van der Waals surface area (Å²) in [5, 5.41) is 6.99. The van der Waals surface area contributed by atoms with E-state index < -0.39 is 21.7 Å². The number of benzene rings is 3. The molecular formula is C31H33FN4O5S. The molecule has 11 heteroatoms. The van der Waals surface area contributed by atoms with Crippen LogP contribution in [0.25, 0.3) is 10.9 Å². The van der Waals surface area contributed by atoms with Gasteiger partial charge in [0.2, 0.25) is 0 Å². The van der Waals surface area contributed by atoms with Gasteiger partial charge in [0.05, 0.1) is 12.0 Å². The largest absolute Gasteiger partial charge is 0.496 e. The second kappa shape index (κ2) is 12.2. The predicted octanol–water partition coefficient (Wildman–Crippen LogP) is 5.49. The van der Waals surface area contributed by atoms with Gasteiger partial charge < -0.3 is 19.9 Å². The summed E-state index contributed by atoms with van der Waals surface area (Å²) in [5.41, 5.74) is 3.50. The van der Waals surface area contributed by atoms with Crippen molar-refractivity contribution in [2.24, 2.45) is 7.05 Å². The molecule has 1 aliphatic rings. The summed E-state index contributed by atoms with van der Waals surface area (Å²) in [6, 6.07) is 14.9. The van der Waals surface area contributed by atoms with Gasteiger partial charge in [-0.1, -0.05) is 31.4 Å². The monoisotopic (exact) mass is 592 g/mol. The number of hydrogen-bond donors (Lipinski definition) is 3. The first-order valence-corrected chi connectivity index (χ1v) is 15.3. The Kier molecular flexibility index (Phi) is 8.49. The second-order valence-corrected chi connectivity index (χ2v) is 12.2. The SMILES string of the molecule is COc1cc(C(=O)NS(=O)(=O)c2cccc(F)c2)ccc1Cc1cn(C)c2ccc(NC(=O)NC3CCCCC3)cc12. The maximum absolute atomic E-state index is 13.5. The van der Waals surface area contributed by atoms with Crippen molar-refractivity contribution in [2.75, 3.05) is 12.4 Å². The summed E-state index contributed by atoms with van der Waals surface area (Å²) in [6.45, 7) is 0. The van der Waals surface area contributed by atoms with E-state index in [1.165, 1.54) is 37.8 Å². The third-order valence-electron chi connectivity index (χ3n) is 7.53. The Labute approximate surface area is 244 Å². The molecule has 5 rings (SSSR count). The minimum Gasteiger partial charge on any atom is -0.496 e. The van der Waals surface area contributed by atoms with E-state index in [0.717, 1.165) is 59.8 Å². The Hall–Kier alpha value is -4.38. The lowest BCUT2D eigenvalue weighted by Gasteiger charge is -2.22. The molecule has 1 saturated carbocycles. The van der Waals surface area contributed by atoms with Crippen LogP contribution >= 0.6 is 0 Å². The van der Waals surface area contributed by atoms with E-state index in [9.17, 15) is 22.4 Å². The highest BCUT2D eigenvalue weighted by Gasteiger charge is 2.21. The summed E-state index contributed by atoms with van der Waals surface area (Å²) in [6.07, 6.45) is 7.94. The molecule has 9 nitrogen and oxygen atoms in total. The van der Waals surface area contributed by atoms with E-state index in [2.05, 4.69) is 10.6 Å². The normalized spacial score (nSPS) is 14.0. The average Bonchev–Trinajstić information content (AvgIpc) is 3.27. The number of rotatable bonds is 8. The number of nitrogens with one attached hydrogen (secondary N) is 3. The quantitative estimate of drug-likeness (QED) is 0.250. The van der Waals surface area contributed by atoms with Gasteiger partial charge in [-0.3, -0.25) is 4.79 Å². The molecule has 4 aromatic rings. The lowest BCUT2D eigenvalue weighted by atomic mass is 9.96. The zero-order valence-electron chi connectivity index (χ0n) is 23.4. The molecule has 0 aliphatic heterocycles. The number of amides is 3. The van der Waals surface area contributed by atoms with Gasteiger partial charge in [-0.2, -0.15) is 0 Å². The minimum absolute atomic E-state index is 0.0731. The molecule has 3 N–H and O–H groups in total. The summed E-state index contributed by atoms with van der Waals surface area (Å²) >= 11 is 0. The summed E-state index contributed by atoms with van der Waals surface area (Å²) in [5.74, 6) is -1.18. The zero-order valence-corrected chi connectivity index (χ0v) is 24.3. The van der Waals surface area contributed by atoms with Crippen LogP contribution in [-0.4, -0.2) is 38.1 Å². The molecule has 220 valence electrons. The van der Waals surface area contributed by atoms with Crippen LogP contribution in [0.4, 0.5) is 14.9 Å². The number of hydrogen-bond acceptors (Lipinski definition) is 5. The molecular weight excluding hydrogens is 559 g/mol. The lowest BCUT2D eigenvalue weighted by molar-refractivity contribution is 0.0981. The number of methoxy groups -OCH3 is 1. The van der Waals surface area contributed by atoms with Crippen molar-refractivity contribution >= 4 is 38.6 Å². The zero-order chi connectivity index (χ0) is 29.9. The summed E-state index contributed by atoms with van der Waals surface area (Å²) in [4.78, 5) is 25.1. The molecule has 1 aliphatic carbocycles. The first-order valence-electron chi connectivity index (χ1n) is 13.8. The highest BCUT2D eigenvalue weighted by molar-refractivity contribution is 7.90. The highest BCUT2D eigenvalue weighted by atomic mass is 32.2. The Bertz CT molecular complexity index is 1750. The van der Waals surface area contributed by atoms with Gasteiger partial charge in [-0.25, -0.2) is 22.3 Å². The third-order valence-corrected chi connectivity index (χ3v) is 8.86. The van der Waals surface area contributed by atoms with Gasteiger partial charge >= 0.3 is 6.03 Å². The number of halogens is 1. The van der Waals surface area contributed by atoms with Gasteiger partial charge in [0.15, 0.2) is 0 Å². The number of nitrogens with zero attached hydrogens (tertiary/aromatic N) is 1. The van der Waals surface area contributed by atoms with E-state index in [0.29, 0.717) is 17.9 Å². The van der Waals surface area contributed by atoms with Crippen LogP contribution < -0.4 is 20.1 Å². The van der Waals surface area contributed by atoms with Crippen LogP contribution in [0.2, 0.25) is 0 Å². The van der Waals surface area contributed by atoms with E-state index in [1.807, 2.05) is 40.7 Å². The van der Waals surface area contributed by atoms with Crippen LogP contribution in [0.15, 0.2) is 71.8 Å². The molecule has 0 saturated heterocycles. The first-order chi connectivity index (χ1) is 20.1. The van der Waals surface area contributed by atoms with Crippen molar-refractivity contribution < 1.29 is 27.1 Å². The topological polar surface area (TPSA) is 119 Å². The Morgan fingerprint density at radius 3 is 2.52 bits per heavy atom. The Morgan fingerprint density at radius 1 is 1.00 bits per heavy atom. The van der Waals surface area contributed by atoms with Crippen LogP contribution in [0.1, 0.15) is 53.6 Å². The fourth-order valence-electron chi connectivity index (χ4n) is 5.40. The fourth-order valence-corrected chi connectivity index (χ4v) is 6.41. The Balaban J connectivity index is 1.33. The van der Waals surface area contributed by atoms with Gasteiger partial charge in [0.1, 0.15) is 11.6 Å². The molecule has 1 aromatic heterocycles. The highest BCUT2D eigenvalue weighted by Crippen LogP contribution is 2.30. The number of fused-ring (bicyclic) bond motifs is 1. The second-order valence-electron chi connectivity index (χ2n) is 10.5. The number of aryl methyl sites for hydroxylation is 1. The number of carbonyl (C=O) groups excluding carboxylic acids is 2. The predicted molar refractivity (Wildman–Crippen MR) is 159 cm³/mol. The molecule has 3 aromatic carbocycles. The van der Waals surface area contributed by atoms with Gasteiger partial charge in [0.25, 0.3) is 15.9 Å². The fraction of sp³-hybridized carbons (Fsp3) is 0.290. The molecule has 0 unspecified atom stereocenters. The maximum atomic E-state index is 13.5. The molecule has 0 radical (unpaired) electrons. The Morgan fingerprint density at radius 2 is 1.79 bits per heavy atom. The maximum Gasteiger partial charge on any atom is 0.319 e. The molecule has 3 amide bonds. The van der Waals surface area contributed by atoms with Crippen molar-refractivity contribution in [3.05, 3.63) is 89.4 Å². The average molecular weight is 593 g/mol. The molecule has 0 atom stereocenters. The molecule has 0 bridgehead atoms. The number of ether oxygens (including phenoxy) is 1. The molecule has 42 heavy (non-hydrogen) atoms. The van der Waals surface area contributed by atoms with E-state index in [1.54, 1.807) is 6.07 Å². The van der Waals surface area contributed by atoms with Crippen LogP contribution in [0.5, 0.6) is 5.75 Å². The van der Waals surface area contributed by atoms with E-state index in [4.69, 9.17) is 4.74 Å². The molecule has 0 spiro atoms. The van der Waals surface area contributed by atoms with Crippen molar-refractivity contribution in [3.63, 3.8) is 0 Å². The van der Waals surface area contributed by atoms with Crippen molar-refractivity contribution in [1.29, 1.82) is 0 Å². The minimum atomic E-state index is -4.27. The number of carbonyl (C=O) groups is 2. The standard InChI is InChI=1S/C31H33FN4O5S/c1-36-19-22(27-18-25(13-14-28(27)36)34-31(38)33-24-8-4-3-5-9-24)15-20-11-12-21(16-29(20)41-2)30(37)35-42(39,40)26-10-6-7-23(32)17-26/h6-7,10-14,16-19,24H,3-5,8-9,15H2,1-2H3,(H,35,37)(H2,33,34,38). The van der Waals surface area contributed by atoms with Crippen molar-refractivity contribution in [1.82, 2.24) is 14.6 Å². The van der Waals surface area contributed by atoms with Gasteiger partial charge in [-0.15, -0.1) is 0 Å². The van der Waals surface area contributed by atoms with Gasteiger partial charge in [-0.05, 0) is 72.5 Å². The van der Waals surface area contributed by atoms with Crippen molar-refractivity contribution in [2.45, 2.75) is 49.5 Å². The lowest BCUT2D eigenvalue weighted by Crippen LogP contribution is -2.38. The number of urea groups is 1. The van der Waals surface area contributed by atoms with Crippen LogP contribution in [0.3, 0.4) is 0 Å². The number of aromatic nitrogens is 1. The molecule has 1 fully saturated rings. The van der Waals surface area contributed by atoms with Crippen molar-refractivity contribution in [3.8, 4) is 5.75 Å². The summed E-state index contributed by atoms with van der Waals surface area (Å²) < 4.78 is 48.2. The van der Waals surface area contributed by atoms with E-state index in [-0.39, 0.29) is 22.5 Å². The third kappa shape index (κ3) is 6.57. The van der Waals surface area contributed by atoms with Crippen LogP contribution in [0, 0.1) is 5.82 Å². The first kappa shape index (κ1) is 29.1. The summed E-state index contributed by atoms with van der Waals surface area (Å²) in [7, 11) is -0.854. The van der Waals surface area contributed by atoms with Gasteiger partial charge in [0, 0.05) is 47.9 Å². The number of sulfonamides is 1.